The Labute approximate surface area is 145 Å². The van der Waals surface area contributed by atoms with Gasteiger partial charge in [-0.05, 0) is 24.3 Å². The maximum absolute atomic E-state index is 12.0. The normalized spacial score (nSPS) is 10.2. The number of halogens is 1. The molecule has 8 heteroatoms. The molecule has 0 saturated carbocycles. The third-order valence-corrected chi connectivity index (χ3v) is 3.72. The van der Waals surface area contributed by atoms with E-state index in [1.165, 1.54) is 18.0 Å². The maximum atomic E-state index is 12.0. The van der Waals surface area contributed by atoms with Crippen LogP contribution in [-0.4, -0.2) is 37.0 Å². The fourth-order valence-electron chi connectivity index (χ4n) is 1.89. The quantitative estimate of drug-likeness (QED) is 0.570. The van der Waals surface area contributed by atoms with E-state index in [4.69, 9.17) is 14.4 Å². The van der Waals surface area contributed by atoms with E-state index in [2.05, 4.69) is 15.9 Å². The van der Waals surface area contributed by atoms with Gasteiger partial charge in [-0.2, -0.15) is 5.26 Å². The number of hydrogen-bond donors (Lipinski definition) is 0. The number of nitriles is 1. The fraction of sp³-hybridized carbons (Fsp3) is 0.250. The van der Waals surface area contributed by atoms with Gasteiger partial charge in [0, 0.05) is 23.5 Å². The van der Waals surface area contributed by atoms with E-state index in [1.54, 1.807) is 18.2 Å². The van der Waals surface area contributed by atoms with Crippen LogP contribution in [0.15, 0.2) is 37.9 Å². The Morgan fingerprint density at radius 3 is 2.83 bits per heavy atom. The lowest BCUT2D eigenvalue weighted by molar-refractivity contribution is -0.133. The topological polar surface area (TPSA) is 101 Å². The standard InChI is InChI=1S/C16H13BrN2O5/c1-19(6-2-5-18)14(20)9-23-15(21)12-8-10-7-11(17)3-4-13(10)24-16(12)22/h3-4,7-8H,2,6,9H2,1H3. The van der Waals surface area contributed by atoms with Crippen molar-refractivity contribution in [3.63, 3.8) is 0 Å². The molecule has 0 radical (unpaired) electrons. The Hall–Kier alpha value is -2.66. The molecule has 124 valence electrons. The molecule has 0 bridgehead atoms. The zero-order valence-electron chi connectivity index (χ0n) is 12.7. The molecule has 1 amide bonds. The van der Waals surface area contributed by atoms with Gasteiger partial charge in [-0.25, -0.2) is 9.59 Å². The molecular weight excluding hydrogens is 380 g/mol. The third-order valence-electron chi connectivity index (χ3n) is 3.23. The van der Waals surface area contributed by atoms with E-state index in [9.17, 15) is 14.4 Å². The highest BCUT2D eigenvalue weighted by atomic mass is 79.9. The van der Waals surface area contributed by atoms with E-state index in [0.717, 1.165) is 4.47 Å². The molecule has 0 aliphatic rings. The molecule has 0 aliphatic heterocycles. The van der Waals surface area contributed by atoms with Crippen LogP contribution < -0.4 is 5.63 Å². The van der Waals surface area contributed by atoms with Crippen molar-refractivity contribution in [2.45, 2.75) is 6.42 Å². The predicted molar refractivity (Wildman–Crippen MR) is 88.3 cm³/mol. The minimum Gasteiger partial charge on any atom is -0.452 e. The van der Waals surface area contributed by atoms with E-state index in [1.807, 2.05) is 6.07 Å². The average Bonchev–Trinajstić information content (AvgIpc) is 2.56. The number of benzene rings is 1. The Balaban J connectivity index is 2.11. The second-order valence-electron chi connectivity index (χ2n) is 4.93. The molecule has 0 spiro atoms. The largest absolute Gasteiger partial charge is 0.452 e. The Kier molecular flexibility index (Phi) is 5.71. The minimum atomic E-state index is -0.937. The highest BCUT2D eigenvalue weighted by Gasteiger charge is 2.18. The molecule has 2 aromatic rings. The Bertz CT molecular complexity index is 884. The number of carbonyl (C=O) groups is 2. The minimum absolute atomic E-state index is 0.180. The highest BCUT2D eigenvalue weighted by Crippen LogP contribution is 2.19. The van der Waals surface area contributed by atoms with Gasteiger partial charge in [0.25, 0.3) is 5.91 Å². The van der Waals surface area contributed by atoms with Crippen LogP contribution in [0.1, 0.15) is 16.8 Å². The maximum Gasteiger partial charge on any atom is 0.351 e. The summed E-state index contributed by atoms with van der Waals surface area (Å²) >= 11 is 3.29. The molecule has 0 saturated heterocycles. The van der Waals surface area contributed by atoms with Crippen LogP contribution in [0.2, 0.25) is 0 Å². The van der Waals surface area contributed by atoms with Crippen LogP contribution in [0.3, 0.4) is 0 Å². The van der Waals surface area contributed by atoms with Crippen molar-refractivity contribution in [3.05, 3.63) is 44.7 Å². The van der Waals surface area contributed by atoms with Crippen LogP contribution in [0.25, 0.3) is 11.0 Å². The molecule has 1 aromatic carbocycles. The van der Waals surface area contributed by atoms with Crippen molar-refractivity contribution < 1.29 is 18.7 Å². The first-order chi connectivity index (χ1) is 11.4. The number of rotatable bonds is 5. The van der Waals surface area contributed by atoms with Gasteiger partial charge in [-0.1, -0.05) is 15.9 Å². The Morgan fingerprint density at radius 2 is 2.12 bits per heavy atom. The molecule has 0 N–H and O–H groups in total. The fourth-order valence-corrected chi connectivity index (χ4v) is 2.27. The van der Waals surface area contributed by atoms with E-state index >= 15 is 0 Å². The van der Waals surface area contributed by atoms with Crippen molar-refractivity contribution in [1.29, 1.82) is 5.26 Å². The summed E-state index contributed by atoms with van der Waals surface area (Å²) in [5.41, 5.74) is -0.778. The number of amides is 1. The summed E-state index contributed by atoms with van der Waals surface area (Å²) in [7, 11) is 1.50. The average molecular weight is 393 g/mol. The summed E-state index contributed by atoms with van der Waals surface area (Å²) in [5, 5.41) is 9.03. The summed E-state index contributed by atoms with van der Waals surface area (Å²) in [6.45, 7) is -0.282. The van der Waals surface area contributed by atoms with Gasteiger partial charge in [0.2, 0.25) is 0 Å². The molecule has 2 rings (SSSR count). The van der Waals surface area contributed by atoms with Crippen LogP contribution in [-0.2, 0) is 9.53 Å². The zero-order chi connectivity index (χ0) is 17.7. The van der Waals surface area contributed by atoms with E-state index in [0.29, 0.717) is 11.0 Å². The van der Waals surface area contributed by atoms with Crippen LogP contribution in [0.4, 0.5) is 0 Å². The molecule has 0 unspecified atom stereocenters. The first-order valence-electron chi connectivity index (χ1n) is 6.94. The molecule has 0 atom stereocenters. The molecule has 1 heterocycles. The van der Waals surface area contributed by atoms with Gasteiger partial charge in [0.15, 0.2) is 6.61 Å². The first kappa shape index (κ1) is 17.7. The summed E-state index contributed by atoms with van der Waals surface area (Å²) in [6.07, 6.45) is 0.180. The number of hydrogen-bond acceptors (Lipinski definition) is 6. The number of ether oxygens (including phenoxy) is 1. The third kappa shape index (κ3) is 4.20. The van der Waals surface area contributed by atoms with Gasteiger partial charge in [-0.15, -0.1) is 0 Å². The summed E-state index contributed by atoms with van der Waals surface area (Å²) in [4.78, 5) is 36.9. The van der Waals surface area contributed by atoms with Crippen molar-refractivity contribution in [2.75, 3.05) is 20.2 Å². The number of likely N-dealkylation sites (N-methyl/N-ethyl adjacent to an activating group) is 1. The number of fused-ring (bicyclic) bond motifs is 1. The van der Waals surface area contributed by atoms with Crippen LogP contribution in [0, 0.1) is 11.3 Å². The molecule has 1 aromatic heterocycles. The molecule has 7 nitrogen and oxygen atoms in total. The summed E-state index contributed by atoms with van der Waals surface area (Å²) in [5.74, 6) is -1.40. The van der Waals surface area contributed by atoms with E-state index in [-0.39, 0.29) is 18.5 Å². The Morgan fingerprint density at radius 1 is 1.38 bits per heavy atom. The zero-order valence-corrected chi connectivity index (χ0v) is 14.3. The predicted octanol–water partition coefficient (Wildman–Crippen LogP) is 2.08. The lowest BCUT2D eigenvalue weighted by atomic mass is 10.2. The van der Waals surface area contributed by atoms with Gasteiger partial charge < -0.3 is 14.1 Å². The summed E-state index contributed by atoms with van der Waals surface area (Å²) < 4.78 is 10.7. The van der Waals surface area contributed by atoms with Gasteiger partial charge in [0.05, 0.1) is 12.5 Å². The number of nitrogens with zero attached hydrogens (tertiary/aromatic N) is 2. The first-order valence-corrected chi connectivity index (χ1v) is 7.73. The number of esters is 1. The monoisotopic (exact) mass is 392 g/mol. The van der Waals surface area contributed by atoms with Gasteiger partial charge >= 0.3 is 11.6 Å². The second-order valence-corrected chi connectivity index (χ2v) is 5.84. The smallest absolute Gasteiger partial charge is 0.351 e. The SMILES string of the molecule is CN(CCC#N)C(=O)COC(=O)c1cc2cc(Br)ccc2oc1=O. The van der Waals surface area contributed by atoms with Crippen molar-refractivity contribution in [1.82, 2.24) is 4.90 Å². The van der Waals surface area contributed by atoms with Crippen molar-refractivity contribution in [3.8, 4) is 6.07 Å². The van der Waals surface area contributed by atoms with Crippen molar-refractivity contribution in [2.24, 2.45) is 0 Å². The molecule has 0 fully saturated rings. The molecular formula is C16H13BrN2O5. The van der Waals surface area contributed by atoms with Crippen LogP contribution in [0.5, 0.6) is 0 Å². The molecule has 0 aliphatic carbocycles. The highest BCUT2D eigenvalue weighted by molar-refractivity contribution is 9.10. The van der Waals surface area contributed by atoms with Crippen molar-refractivity contribution >= 4 is 38.8 Å². The lowest BCUT2D eigenvalue weighted by Gasteiger charge is -2.15. The lowest BCUT2D eigenvalue weighted by Crippen LogP contribution is -2.32. The van der Waals surface area contributed by atoms with Gasteiger partial charge in [0.1, 0.15) is 11.1 Å². The summed E-state index contributed by atoms with van der Waals surface area (Å²) in [6, 6.07) is 8.27. The van der Waals surface area contributed by atoms with Crippen LogP contribution >= 0.6 is 15.9 Å². The van der Waals surface area contributed by atoms with E-state index < -0.39 is 24.1 Å². The molecule has 24 heavy (non-hydrogen) atoms. The second kappa shape index (κ2) is 7.75. The number of carbonyl (C=O) groups excluding carboxylic acids is 2. The van der Waals surface area contributed by atoms with Gasteiger partial charge in [-0.3, -0.25) is 4.79 Å².